The Kier molecular flexibility index (Phi) is 5.83. The van der Waals surface area contributed by atoms with Gasteiger partial charge in [0.25, 0.3) is 0 Å². The number of phenols is 1. The van der Waals surface area contributed by atoms with E-state index >= 15 is 0 Å². The molecule has 26 heavy (non-hydrogen) atoms. The summed E-state index contributed by atoms with van der Waals surface area (Å²) in [6.45, 7) is 0. The molecule has 10 heteroatoms. The second-order valence-corrected chi connectivity index (χ2v) is 5.37. The Bertz CT molecular complexity index is 869. The molecule has 0 aromatic heterocycles. The number of hydrazone groups is 1. The zero-order chi connectivity index (χ0) is 19.3. The number of carbonyl (C=O) groups excluding carboxylic acids is 2. The average Bonchev–Trinajstić information content (AvgIpc) is 2.57. The first-order valence-corrected chi connectivity index (χ1v) is 7.35. The van der Waals surface area contributed by atoms with Crippen molar-refractivity contribution in [2.24, 2.45) is 5.10 Å². The number of phenolic OH excluding ortho intramolecular Hbond substituents is 1. The van der Waals surface area contributed by atoms with Crippen molar-refractivity contribution in [3.63, 3.8) is 0 Å². The highest BCUT2D eigenvalue weighted by molar-refractivity contribution is 6.39. The molecule has 0 unspecified atom stereocenters. The highest BCUT2D eigenvalue weighted by Gasteiger charge is 2.30. The van der Waals surface area contributed by atoms with E-state index in [0.29, 0.717) is 11.1 Å². The van der Waals surface area contributed by atoms with Crippen molar-refractivity contribution in [2.45, 2.75) is 6.18 Å². The van der Waals surface area contributed by atoms with Crippen molar-refractivity contribution in [3.05, 3.63) is 58.6 Å². The molecule has 2 rings (SSSR count). The fourth-order valence-electron chi connectivity index (χ4n) is 1.80. The second-order valence-electron chi connectivity index (χ2n) is 4.93. The molecule has 2 aromatic carbocycles. The fraction of sp³-hybridized carbons (Fsp3) is 0.0625. The van der Waals surface area contributed by atoms with Crippen LogP contribution in [0.5, 0.6) is 5.75 Å². The summed E-state index contributed by atoms with van der Waals surface area (Å²) in [5, 5.41) is 15.4. The van der Waals surface area contributed by atoms with E-state index in [1.165, 1.54) is 24.3 Å². The number of anilines is 1. The van der Waals surface area contributed by atoms with E-state index in [-0.39, 0.29) is 17.0 Å². The number of carbonyl (C=O) groups is 2. The van der Waals surface area contributed by atoms with Gasteiger partial charge in [-0.15, -0.1) is 0 Å². The van der Waals surface area contributed by atoms with Gasteiger partial charge in [0.1, 0.15) is 5.75 Å². The van der Waals surface area contributed by atoms with Gasteiger partial charge in [-0.2, -0.15) is 18.3 Å². The van der Waals surface area contributed by atoms with Crippen LogP contribution < -0.4 is 10.7 Å². The molecule has 0 spiro atoms. The summed E-state index contributed by atoms with van der Waals surface area (Å²) >= 11 is 5.74. The third-order valence-electron chi connectivity index (χ3n) is 3.01. The maximum Gasteiger partial charge on any atom is 0.416 e. The van der Waals surface area contributed by atoms with Gasteiger partial charge in [-0.3, -0.25) is 9.59 Å². The molecule has 0 aliphatic carbocycles. The minimum absolute atomic E-state index is 0.152. The topological polar surface area (TPSA) is 90.8 Å². The molecule has 0 saturated heterocycles. The third-order valence-corrected chi connectivity index (χ3v) is 3.25. The van der Waals surface area contributed by atoms with E-state index in [9.17, 15) is 27.9 Å². The number of halogens is 4. The molecule has 0 saturated carbocycles. The first-order valence-electron chi connectivity index (χ1n) is 6.97. The number of rotatable bonds is 3. The summed E-state index contributed by atoms with van der Waals surface area (Å²) in [6.07, 6.45) is -3.52. The predicted molar refractivity (Wildman–Crippen MR) is 88.9 cm³/mol. The summed E-state index contributed by atoms with van der Waals surface area (Å²) in [6, 6.07) is 7.94. The average molecular weight is 386 g/mol. The number of hydrogen-bond acceptors (Lipinski definition) is 4. The molecular weight excluding hydrogens is 375 g/mol. The van der Waals surface area contributed by atoms with E-state index in [1.807, 2.05) is 10.7 Å². The van der Waals surface area contributed by atoms with E-state index < -0.39 is 23.6 Å². The SMILES string of the molecule is O=C(N/N=C\c1cc(Cl)ccc1O)C(=O)Nc1cccc(C(F)(F)F)c1. The van der Waals surface area contributed by atoms with Gasteiger partial charge in [0.05, 0.1) is 11.8 Å². The van der Waals surface area contributed by atoms with Crippen LogP contribution in [0.4, 0.5) is 18.9 Å². The summed E-state index contributed by atoms with van der Waals surface area (Å²) in [5.41, 5.74) is 0.910. The van der Waals surface area contributed by atoms with Crippen LogP contribution in [-0.2, 0) is 15.8 Å². The van der Waals surface area contributed by atoms with Crippen LogP contribution in [-0.4, -0.2) is 23.1 Å². The Morgan fingerprint density at radius 3 is 2.54 bits per heavy atom. The van der Waals surface area contributed by atoms with Crippen LogP contribution in [0.15, 0.2) is 47.6 Å². The molecule has 0 atom stereocenters. The molecule has 0 fully saturated rings. The van der Waals surface area contributed by atoms with Crippen LogP contribution in [0.25, 0.3) is 0 Å². The molecule has 0 heterocycles. The van der Waals surface area contributed by atoms with Gasteiger partial charge in [0.2, 0.25) is 0 Å². The van der Waals surface area contributed by atoms with Gasteiger partial charge in [0.15, 0.2) is 0 Å². The molecule has 2 amide bonds. The Morgan fingerprint density at radius 1 is 1.12 bits per heavy atom. The van der Waals surface area contributed by atoms with Gasteiger partial charge >= 0.3 is 18.0 Å². The smallest absolute Gasteiger partial charge is 0.416 e. The number of nitrogens with zero attached hydrogens (tertiary/aromatic N) is 1. The molecule has 136 valence electrons. The summed E-state index contributed by atoms with van der Waals surface area (Å²) in [7, 11) is 0. The van der Waals surface area contributed by atoms with Gasteiger partial charge in [-0.05, 0) is 36.4 Å². The fourth-order valence-corrected chi connectivity index (χ4v) is 1.98. The van der Waals surface area contributed by atoms with E-state index in [1.54, 1.807) is 0 Å². The Labute approximate surface area is 150 Å². The number of benzene rings is 2. The van der Waals surface area contributed by atoms with Crippen molar-refractivity contribution in [1.29, 1.82) is 0 Å². The maximum absolute atomic E-state index is 12.6. The van der Waals surface area contributed by atoms with E-state index in [2.05, 4.69) is 5.10 Å². The minimum atomic E-state index is -4.58. The van der Waals surface area contributed by atoms with Crippen LogP contribution in [0.2, 0.25) is 5.02 Å². The van der Waals surface area contributed by atoms with Crippen LogP contribution in [0, 0.1) is 0 Å². The summed E-state index contributed by atoms with van der Waals surface area (Å²) in [5.74, 6) is -2.57. The van der Waals surface area contributed by atoms with Gasteiger partial charge in [-0.25, -0.2) is 5.43 Å². The molecule has 2 aromatic rings. The zero-order valence-corrected chi connectivity index (χ0v) is 13.6. The van der Waals surface area contributed by atoms with Crippen molar-refractivity contribution >= 4 is 35.3 Å². The number of hydrogen-bond donors (Lipinski definition) is 3. The first kappa shape index (κ1) is 19.3. The lowest BCUT2D eigenvalue weighted by molar-refractivity contribution is -0.137. The van der Waals surface area contributed by atoms with Gasteiger partial charge in [-0.1, -0.05) is 17.7 Å². The largest absolute Gasteiger partial charge is 0.507 e. The Balaban J connectivity index is 1.99. The van der Waals surface area contributed by atoms with E-state index in [4.69, 9.17) is 11.6 Å². The second kappa shape index (κ2) is 7.87. The monoisotopic (exact) mass is 385 g/mol. The first-order chi connectivity index (χ1) is 12.2. The number of amides is 2. The third kappa shape index (κ3) is 5.21. The van der Waals surface area contributed by atoms with Crippen LogP contribution >= 0.6 is 11.6 Å². The standard InChI is InChI=1S/C16H11ClF3N3O3/c17-11-4-5-13(24)9(6-11)8-21-23-15(26)14(25)22-12-3-1-2-10(7-12)16(18,19)20/h1-8,24H,(H,22,25)(H,23,26)/b21-8-. The van der Waals surface area contributed by atoms with Gasteiger partial charge in [0, 0.05) is 16.3 Å². The van der Waals surface area contributed by atoms with Gasteiger partial charge < -0.3 is 10.4 Å². The lowest BCUT2D eigenvalue weighted by Gasteiger charge is -2.09. The lowest BCUT2D eigenvalue weighted by Crippen LogP contribution is -2.32. The van der Waals surface area contributed by atoms with Crippen LogP contribution in [0.1, 0.15) is 11.1 Å². The molecule has 0 bridgehead atoms. The minimum Gasteiger partial charge on any atom is -0.507 e. The number of alkyl halides is 3. The molecule has 0 radical (unpaired) electrons. The normalized spacial score (nSPS) is 11.4. The zero-order valence-electron chi connectivity index (χ0n) is 12.8. The van der Waals surface area contributed by atoms with Crippen molar-refractivity contribution in [3.8, 4) is 5.75 Å². The Hall–Kier alpha value is -3.07. The van der Waals surface area contributed by atoms with E-state index in [0.717, 1.165) is 18.3 Å². The summed E-state index contributed by atoms with van der Waals surface area (Å²) < 4.78 is 37.8. The van der Waals surface area contributed by atoms with Crippen LogP contribution in [0.3, 0.4) is 0 Å². The highest BCUT2D eigenvalue weighted by atomic mass is 35.5. The molecule has 0 aliphatic heterocycles. The molecular formula is C16H11ClF3N3O3. The maximum atomic E-state index is 12.6. The van der Waals surface area contributed by atoms with Crippen molar-refractivity contribution in [1.82, 2.24) is 5.43 Å². The summed E-state index contributed by atoms with van der Waals surface area (Å²) in [4.78, 5) is 23.3. The Morgan fingerprint density at radius 2 is 1.85 bits per heavy atom. The van der Waals surface area contributed by atoms with Crippen molar-refractivity contribution < 1.29 is 27.9 Å². The molecule has 0 aliphatic rings. The molecule has 6 nitrogen and oxygen atoms in total. The quantitative estimate of drug-likeness (QED) is 0.430. The number of aromatic hydroxyl groups is 1. The molecule has 3 N–H and O–H groups in total. The predicted octanol–water partition coefficient (Wildman–Crippen LogP) is 3.15. The van der Waals surface area contributed by atoms with Crippen molar-refractivity contribution in [2.75, 3.05) is 5.32 Å². The highest BCUT2D eigenvalue weighted by Crippen LogP contribution is 2.30. The lowest BCUT2D eigenvalue weighted by atomic mass is 10.2. The number of nitrogens with one attached hydrogen (secondary N) is 2.